The van der Waals surface area contributed by atoms with Gasteiger partial charge in [-0.05, 0) is 31.4 Å². The number of rotatable bonds is 3. The minimum Gasteiger partial charge on any atom is -0.424 e. The second kappa shape index (κ2) is 6.91. The molecule has 9 heteroatoms. The number of aromatic nitrogens is 3. The van der Waals surface area contributed by atoms with Crippen LogP contribution in [0.25, 0.3) is 0 Å². The van der Waals surface area contributed by atoms with E-state index in [1.165, 1.54) is 6.33 Å². The highest BCUT2D eigenvalue weighted by molar-refractivity contribution is 5.95. The molecule has 0 saturated carbocycles. The lowest BCUT2D eigenvalue weighted by molar-refractivity contribution is 0.0731. The molecular formula is C17H21N5O4. The molecule has 2 aliphatic heterocycles. The van der Waals surface area contributed by atoms with Crippen molar-refractivity contribution >= 4 is 11.9 Å². The van der Waals surface area contributed by atoms with Crippen molar-refractivity contribution in [2.45, 2.75) is 25.9 Å². The maximum atomic E-state index is 12.8. The first-order valence-electron chi connectivity index (χ1n) is 8.79. The number of carbonyl (C=O) groups excluding carboxylic acids is 1. The molecule has 0 spiro atoms. The third-order valence-electron chi connectivity index (χ3n) is 4.90. The highest BCUT2D eigenvalue weighted by Gasteiger charge is 2.28. The van der Waals surface area contributed by atoms with Crippen LogP contribution in [0.1, 0.15) is 40.6 Å². The van der Waals surface area contributed by atoms with Crippen molar-refractivity contribution in [3.05, 3.63) is 39.7 Å². The summed E-state index contributed by atoms with van der Waals surface area (Å²) in [6, 6.07) is 1.76. The van der Waals surface area contributed by atoms with Crippen molar-refractivity contribution < 1.29 is 13.9 Å². The molecule has 0 bridgehead atoms. The SMILES string of the molecule is Cc1cc(C2CCCO2)oc(=O)c1C(=O)N1CCN(c2ncn[nH]2)CC1. The Morgan fingerprint density at radius 1 is 1.31 bits per heavy atom. The van der Waals surface area contributed by atoms with E-state index in [1.54, 1.807) is 17.9 Å². The average Bonchev–Trinajstić information content (AvgIpc) is 3.35. The number of piperazine rings is 1. The fourth-order valence-electron chi connectivity index (χ4n) is 3.48. The third-order valence-corrected chi connectivity index (χ3v) is 4.90. The fraction of sp³-hybridized carbons (Fsp3) is 0.529. The van der Waals surface area contributed by atoms with Crippen LogP contribution in [0, 0.1) is 6.92 Å². The summed E-state index contributed by atoms with van der Waals surface area (Å²) in [5.74, 6) is 0.915. The van der Waals surface area contributed by atoms with Gasteiger partial charge in [0.05, 0.1) is 0 Å². The van der Waals surface area contributed by atoms with Gasteiger partial charge < -0.3 is 19.0 Å². The zero-order chi connectivity index (χ0) is 18.1. The summed E-state index contributed by atoms with van der Waals surface area (Å²) in [5.41, 5.74) is 0.160. The largest absolute Gasteiger partial charge is 0.424 e. The third kappa shape index (κ3) is 3.10. The van der Waals surface area contributed by atoms with Gasteiger partial charge in [0.2, 0.25) is 5.95 Å². The van der Waals surface area contributed by atoms with Gasteiger partial charge in [0.25, 0.3) is 5.91 Å². The number of H-pyrrole nitrogens is 1. The lowest BCUT2D eigenvalue weighted by Gasteiger charge is -2.34. The molecule has 2 aliphatic rings. The van der Waals surface area contributed by atoms with E-state index >= 15 is 0 Å². The summed E-state index contributed by atoms with van der Waals surface area (Å²) in [7, 11) is 0. The van der Waals surface area contributed by atoms with Crippen LogP contribution in [-0.2, 0) is 4.74 Å². The molecule has 0 aromatic carbocycles. The molecule has 2 fully saturated rings. The molecule has 4 rings (SSSR count). The second-order valence-electron chi connectivity index (χ2n) is 6.58. The molecule has 1 amide bonds. The zero-order valence-corrected chi connectivity index (χ0v) is 14.6. The van der Waals surface area contributed by atoms with E-state index in [-0.39, 0.29) is 17.6 Å². The monoisotopic (exact) mass is 359 g/mol. The standard InChI is InChI=1S/C17H21N5O4/c1-11-9-13(12-3-2-8-25-12)26-16(24)14(11)15(23)21-4-6-22(7-5-21)17-18-10-19-20-17/h9-10,12H,2-8H2,1H3,(H,18,19,20). The van der Waals surface area contributed by atoms with E-state index < -0.39 is 5.63 Å². The molecule has 9 nitrogen and oxygen atoms in total. The number of aryl methyl sites for hydroxylation is 1. The molecular weight excluding hydrogens is 338 g/mol. The highest BCUT2D eigenvalue weighted by atomic mass is 16.5. The Morgan fingerprint density at radius 2 is 2.12 bits per heavy atom. The number of ether oxygens (including phenoxy) is 1. The molecule has 2 aromatic heterocycles. The molecule has 26 heavy (non-hydrogen) atoms. The Bertz CT molecular complexity index is 833. The van der Waals surface area contributed by atoms with Gasteiger partial charge in [0.15, 0.2) is 0 Å². The summed E-state index contributed by atoms with van der Waals surface area (Å²) in [5, 5.41) is 6.66. The van der Waals surface area contributed by atoms with Crippen LogP contribution in [0.4, 0.5) is 5.95 Å². The molecule has 0 radical (unpaired) electrons. The molecule has 1 atom stereocenters. The van der Waals surface area contributed by atoms with Crippen LogP contribution < -0.4 is 10.5 Å². The van der Waals surface area contributed by atoms with E-state index in [4.69, 9.17) is 9.15 Å². The smallest absolute Gasteiger partial charge is 0.349 e. The van der Waals surface area contributed by atoms with Crippen LogP contribution in [0.2, 0.25) is 0 Å². The molecule has 2 saturated heterocycles. The average molecular weight is 359 g/mol. The van der Waals surface area contributed by atoms with Crippen LogP contribution in [0.15, 0.2) is 21.6 Å². The van der Waals surface area contributed by atoms with Crippen LogP contribution in [-0.4, -0.2) is 58.8 Å². The molecule has 4 heterocycles. The van der Waals surface area contributed by atoms with Gasteiger partial charge in [-0.2, -0.15) is 10.1 Å². The lowest BCUT2D eigenvalue weighted by Crippen LogP contribution is -2.50. The quantitative estimate of drug-likeness (QED) is 0.867. The van der Waals surface area contributed by atoms with Crippen LogP contribution in [0.5, 0.6) is 0 Å². The maximum absolute atomic E-state index is 12.8. The van der Waals surface area contributed by atoms with Crippen molar-refractivity contribution in [3.8, 4) is 0 Å². The molecule has 1 N–H and O–H groups in total. The summed E-state index contributed by atoms with van der Waals surface area (Å²) in [4.78, 5) is 33.1. The first-order valence-corrected chi connectivity index (χ1v) is 8.79. The molecule has 2 aromatic rings. The summed E-state index contributed by atoms with van der Waals surface area (Å²) in [6.45, 7) is 4.70. The minimum absolute atomic E-state index is 0.111. The molecule has 138 valence electrons. The number of nitrogens with zero attached hydrogens (tertiary/aromatic N) is 4. The van der Waals surface area contributed by atoms with Gasteiger partial charge in [0, 0.05) is 32.8 Å². The normalized spacial score (nSPS) is 20.6. The topological polar surface area (TPSA) is 105 Å². The Balaban J connectivity index is 1.49. The number of nitrogens with one attached hydrogen (secondary N) is 1. The predicted molar refractivity (Wildman–Crippen MR) is 92.1 cm³/mol. The van der Waals surface area contributed by atoms with Crippen molar-refractivity contribution in [2.75, 3.05) is 37.7 Å². The van der Waals surface area contributed by atoms with Crippen molar-refractivity contribution in [1.29, 1.82) is 0 Å². The predicted octanol–water partition coefficient (Wildman–Crippen LogP) is 0.880. The maximum Gasteiger partial charge on any atom is 0.349 e. The molecule has 1 unspecified atom stereocenters. The van der Waals surface area contributed by atoms with Crippen LogP contribution >= 0.6 is 0 Å². The van der Waals surface area contributed by atoms with E-state index in [1.807, 2.05) is 4.90 Å². The van der Waals surface area contributed by atoms with Gasteiger partial charge in [-0.25, -0.2) is 9.89 Å². The summed E-state index contributed by atoms with van der Waals surface area (Å²) < 4.78 is 11.0. The Kier molecular flexibility index (Phi) is 4.46. The van der Waals surface area contributed by atoms with Crippen LogP contribution in [0.3, 0.4) is 0 Å². The van der Waals surface area contributed by atoms with Gasteiger partial charge >= 0.3 is 5.63 Å². The van der Waals surface area contributed by atoms with Crippen molar-refractivity contribution in [1.82, 2.24) is 20.1 Å². The number of hydrogen-bond donors (Lipinski definition) is 1. The number of aromatic amines is 1. The fourth-order valence-corrected chi connectivity index (χ4v) is 3.48. The second-order valence-corrected chi connectivity index (χ2v) is 6.58. The lowest BCUT2D eigenvalue weighted by atomic mass is 10.1. The minimum atomic E-state index is -0.585. The van der Waals surface area contributed by atoms with E-state index in [2.05, 4.69) is 15.2 Å². The summed E-state index contributed by atoms with van der Waals surface area (Å²) >= 11 is 0. The first kappa shape index (κ1) is 16.8. The molecule has 0 aliphatic carbocycles. The van der Waals surface area contributed by atoms with E-state index in [0.29, 0.717) is 50.1 Å². The van der Waals surface area contributed by atoms with Crippen molar-refractivity contribution in [2.24, 2.45) is 0 Å². The van der Waals surface area contributed by atoms with Crippen molar-refractivity contribution in [3.63, 3.8) is 0 Å². The number of hydrogen-bond acceptors (Lipinski definition) is 7. The van der Waals surface area contributed by atoms with E-state index in [9.17, 15) is 9.59 Å². The number of amides is 1. The van der Waals surface area contributed by atoms with E-state index in [0.717, 1.165) is 12.8 Å². The van der Waals surface area contributed by atoms with Gasteiger partial charge in [-0.1, -0.05) is 0 Å². The number of carbonyl (C=O) groups is 1. The summed E-state index contributed by atoms with van der Waals surface area (Å²) in [6.07, 6.45) is 3.05. The number of anilines is 1. The van der Waals surface area contributed by atoms with Gasteiger partial charge in [-0.3, -0.25) is 4.79 Å². The van der Waals surface area contributed by atoms with Gasteiger partial charge in [0.1, 0.15) is 23.8 Å². The van der Waals surface area contributed by atoms with Gasteiger partial charge in [-0.15, -0.1) is 0 Å². The zero-order valence-electron chi connectivity index (χ0n) is 14.6. The highest BCUT2D eigenvalue weighted by Crippen LogP contribution is 2.28. The Hall–Kier alpha value is -2.68. The first-order chi connectivity index (χ1) is 12.6. The Morgan fingerprint density at radius 3 is 2.73 bits per heavy atom. The Labute approximate surface area is 150 Å².